The molecule has 0 amide bonds. The third-order valence-corrected chi connectivity index (χ3v) is 1.78. The van der Waals surface area contributed by atoms with Gasteiger partial charge in [-0.05, 0) is 25.7 Å². The van der Waals surface area contributed by atoms with Crippen molar-refractivity contribution in [3.63, 3.8) is 0 Å². The van der Waals surface area contributed by atoms with E-state index < -0.39 is 0 Å². The van der Waals surface area contributed by atoms with Crippen LogP contribution in [0.15, 0.2) is 11.6 Å². The lowest BCUT2D eigenvalue weighted by atomic mass is 10.2. The molecular formula is C9H16. The van der Waals surface area contributed by atoms with Gasteiger partial charge in [0.15, 0.2) is 0 Å². The largest absolute Gasteiger partial charge is 0.0853 e. The van der Waals surface area contributed by atoms with E-state index in [9.17, 15) is 0 Å². The molecule has 1 rings (SSSR count). The van der Waals surface area contributed by atoms with Crippen LogP contribution in [0.25, 0.3) is 0 Å². The van der Waals surface area contributed by atoms with Crippen LogP contribution in [0.1, 0.15) is 45.4 Å². The summed E-state index contributed by atoms with van der Waals surface area (Å²) in [5.41, 5.74) is 1.70. The summed E-state index contributed by atoms with van der Waals surface area (Å²) >= 11 is 0. The summed E-state index contributed by atoms with van der Waals surface area (Å²) in [7, 11) is 0. The summed E-state index contributed by atoms with van der Waals surface area (Å²) in [6.07, 6.45) is 10.7. The van der Waals surface area contributed by atoms with Crippen molar-refractivity contribution in [2.45, 2.75) is 45.4 Å². The van der Waals surface area contributed by atoms with Crippen LogP contribution >= 0.6 is 0 Å². The van der Waals surface area contributed by atoms with Crippen molar-refractivity contribution in [3.05, 3.63) is 11.6 Å². The molecule has 1 fully saturated rings. The van der Waals surface area contributed by atoms with E-state index in [2.05, 4.69) is 13.0 Å². The monoisotopic (exact) mass is 124 g/mol. The summed E-state index contributed by atoms with van der Waals surface area (Å²) in [5, 5.41) is 0. The Hall–Kier alpha value is -0.260. The second-order valence-electron chi connectivity index (χ2n) is 2.86. The van der Waals surface area contributed by atoms with E-state index >= 15 is 0 Å². The van der Waals surface area contributed by atoms with Gasteiger partial charge in [0, 0.05) is 0 Å². The first-order valence-corrected chi connectivity index (χ1v) is 4.11. The zero-order valence-electron chi connectivity index (χ0n) is 6.32. The van der Waals surface area contributed by atoms with E-state index in [1.165, 1.54) is 38.5 Å². The van der Waals surface area contributed by atoms with Gasteiger partial charge in [-0.2, -0.15) is 0 Å². The lowest BCUT2D eigenvalue weighted by molar-refractivity contribution is 0.728. The fourth-order valence-corrected chi connectivity index (χ4v) is 0.977. The quantitative estimate of drug-likeness (QED) is 0.398. The highest BCUT2D eigenvalue weighted by Crippen LogP contribution is 2.28. The Kier molecular flexibility index (Phi) is 2.82. The maximum Gasteiger partial charge on any atom is -0.0283 e. The molecular weight excluding hydrogens is 108 g/mol. The van der Waals surface area contributed by atoms with Gasteiger partial charge >= 0.3 is 0 Å². The van der Waals surface area contributed by atoms with Gasteiger partial charge in [0.25, 0.3) is 0 Å². The highest BCUT2D eigenvalue weighted by Gasteiger charge is 2.08. The molecule has 0 heterocycles. The van der Waals surface area contributed by atoms with Gasteiger partial charge in [0.05, 0.1) is 0 Å². The first-order chi connectivity index (χ1) is 4.43. The van der Waals surface area contributed by atoms with Crippen molar-refractivity contribution in [3.8, 4) is 0 Å². The molecule has 0 radical (unpaired) electrons. The maximum atomic E-state index is 2.43. The highest BCUT2D eigenvalue weighted by molar-refractivity contribution is 5.15. The Morgan fingerprint density at radius 3 is 2.67 bits per heavy atom. The first kappa shape index (κ1) is 6.85. The van der Waals surface area contributed by atoms with Crippen LogP contribution in [0.2, 0.25) is 0 Å². The second kappa shape index (κ2) is 3.71. The lowest BCUT2D eigenvalue weighted by Gasteiger charge is -1.89. The number of hydrogen-bond acceptors (Lipinski definition) is 0. The summed E-state index contributed by atoms with van der Waals surface area (Å²) in [5.74, 6) is 0. The summed E-state index contributed by atoms with van der Waals surface area (Å²) in [4.78, 5) is 0. The lowest BCUT2D eigenvalue weighted by Crippen LogP contribution is -1.69. The van der Waals surface area contributed by atoms with Crippen molar-refractivity contribution >= 4 is 0 Å². The van der Waals surface area contributed by atoms with Crippen LogP contribution in [0.5, 0.6) is 0 Å². The van der Waals surface area contributed by atoms with Crippen molar-refractivity contribution < 1.29 is 0 Å². The van der Waals surface area contributed by atoms with E-state index in [-0.39, 0.29) is 0 Å². The van der Waals surface area contributed by atoms with Crippen LogP contribution in [0.4, 0.5) is 0 Å². The first-order valence-electron chi connectivity index (χ1n) is 4.11. The van der Waals surface area contributed by atoms with Crippen LogP contribution in [0.3, 0.4) is 0 Å². The second-order valence-corrected chi connectivity index (χ2v) is 2.86. The predicted molar refractivity (Wildman–Crippen MR) is 41.5 cm³/mol. The van der Waals surface area contributed by atoms with Gasteiger partial charge in [0.2, 0.25) is 0 Å². The van der Waals surface area contributed by atoms with Crippen molar-refractivity contribution in [2.75, 3.05) is 0 Å². The Morgan fingerprint density at radius 2 is 2.11 bits per heavy atom. The molecule has 0 atom stereocenters. The van der Waals surface area contributed by atoms with Gasteiger partial charge in [-0.1, -0.05) is 31.4 Å². The Bertz CT molecular complexity index is 94.6. The topological polar surface area (TPSA) is 0 Å². The maximum absolute atomic E-state index is 2.43. The molecule has 1 saturated carbocycles. The SMILES string of the molecule is CCCCCC=C1CC1. The summed E-state index contributed by atoms with van der Waals surface area (Å²) in [6, 6.07) is 0. The number of rotatable bonds is 4. The smallest absolute Gasteiger partial charge is 0.0283 e. The molecule has 1 aliphatic carbocycles. The van der Waals surface area contributed by atoms with Gasteiger partial charge in [0.1, 0.15) is 0 Å². The van der Waals surface area contributed by atoms with Crippen LogP contribution in [0, 0.1) is 0 Å². The van der Waals surface area contributed by atoms with E-state index in [4.69, 9.17) is 0 Å². The molecule has 0 aromatic carbocycles. The number of hydrogen-bond donors (Lipinski definition) is 0. The zero-order valence-corrected chi connectivity index (χ0v) is 6.32. The Morgan fingerprint density at radius 1 is 1.33 bits per heavy atom. The van der Waals surface area contributed by atoms with Crippen LogP contribution < -0.4 is 0 Å². The van der Waals surface area contributed by atoms with Crippen molar-refractivity contribution in [1.82, 2.24) is 0 Å². The van der Waals surface area contributed by atoms with Crippen LogP contribution in [-0.4, -0.2) is 0 Å². The summed E-state index contributed by atoms with van der Waals surface area (Å²) in [6.45, 7) is 2.25. The molecule has 0 bridgehead atoms. The molecule has 0 aliphatic heterocycles. The highest BCUT2D eigenvalue weighted by atomic mass is 14.1. The average molecular weight is 124 g/mol. The molecule has 0 aromatic heterocycles. The molecule has 0 nitrogen and oxygen atoms in total. The molecule has 0 heteroatoms. The van der Waals surface area contributed by atoms with E-state index in [1.807, 2.05) is 0 Å². The molecule has 0 unspecified atom stereocenters. The summed E-state index contributed by atoms with van der Waals surface area (Å²) < 4.78 is 0. The predicted octanol–water partition coefficient (Wildman–Crippen LogP) is 3.29. The van der Waals surface area contributed by atoms with Gasteiger partial charge in [-0.3, -0.25) is 0 Å². The Labute approximate surface area is 58.0 Å². The number of allylic oxidation sites excluding steroid dienone is 2. The molecule has 0 spiro atoms. The van der Waals surface area contributed by atoms with Gasteiger partial charge in [-0.25, -0.2) is 0 Å². The minimum absolute atomic E-state index is 1.34. The third kappa shape index (κ3) is 3.34. The van der Waals surface area contributed by atoms with E-state index in [0.29, 0.717) is 0 Å². The van der Waals surface area contributed by atoms with Gasteiger partial charge < -0.3 is 0 Å². The zero-order chi connectivity index (χ0) is 6.53. The molecule has 52 valence electrons. The minimum atomic E-state index is 1.34. The van der Waals surface area contributed by atoms with E-state index in [1.54, 1.807) is 5.57 Å². The third-order valence-electron chi connectivity index (χ3n) is 1.78. The van der Waals surface area contributed by atoms with Crippen LogP contribution in [-0.2, 0) is 0 Å². The number of unbranched alkanes of at least 4 members (excludes halogenated alkanes) is 3. The van der Waals surface area contributed by atoms with Crippen molar-refractivity contribution in [2.24, 2.45) is 0 Å². The van der Waals surface area contributed by atoms with E-state index in [0.717, 1.165) is 0 Å². The Balaban J connectivity index is 1.87. The molecule has 0 aromatic rings. The fraction of sp³-hybridized carbons (Fsp3) is 0.778. The molecule has 9 heavy (non-hydrogen) atoms. The molecule has 0 N–H and O–H groups in total. The van der Waals surface area contributed by atoms with Gasteiger partial charge in [-0.15, -0.1) is 0 Å². The van der Waals surface area contributed by atoms with Crippen molar-refractivity contribution in [1.29, 1.82) is 0 Å². The standard InChI is InChI=1S/C9H16/c1-2-3-4-5-6-9-7-8-9/h6H,2-5,7-8H2,1H3. The molecule has 1 aliphatic rings. The minimum Gasteiger partial charge on any atom is -0.0853 e. The fourth-order valence-electron chi connectivity index (χ4n) is 0.977. The average Bonchev–Trinajstić information content (AvgIpc) is 2.63. The normalized spacial score (nSPS) is 15.9. The molecule has 0 saturated heterocycles.